The van der Waals surface area contributed by atoms with Crippen LogP contribution in [-0.4, -0.2) is 32.8 Å². The number of benzene rings is 2. The van der Waals surface area contributed by atoms with Crippen LogP contribution in [0.2, 0.25) is 0 Å². The number of methoxy groups -OCH3 is 1. The number of amides is 1. The first-order valence-corrected chi connectivity index (χ1v) is 9.87. The minimum atomic E-state index is -0.216. The molecule has 2 aromatic carbocycles. The van der Waals surface area contributed by atoms with Crippen molar-refractivity contribution < 1.29 is 9.53 Å². The van der Waals surface area contributed by atoms with Crippen LogP contribution in [0.25, 0.3) is 22.3 Å². The van der Waals surface area contributed by atoms with Gasteiger partial charge in [-0.3, -0.25) is 9.89 Å². The molecule has 0 fully saturated rings. The largest absolute Gasteiger partial charge is 0.497 e. The van der Waals surface area contributed by atoms with Crippen molar-refractivity contribution in [2.45, 2.75) is 26.3 Å². The lowest BCUT2D eigenvalue weighted by Crippen LogP contribution is -2.30. The summed E-state index contributed by atoms with van der Waals surface area (Å²) in [6.45, 7) is 3.88. The topological polar surface area (TPSA) is 84.8 Å². The molecule has 2 aromatic heterocycles. The van der Waals surface area contributed by atoms with Gasteiger partial charge in [-0.1, -0.05) is 12.1 Å². The van der Waals surface area contributed by atoms with Crippen LogP contribution in [-0.2, 0) is 18.3 Å². The van der Waals surface area contributed by atoms with E-state index in [-0.39, 0.29) is 18.4 Å². The lowest BCUT2D eigenvalue weighted by molar-refractivity contribution is -0.121. The first-order valence-electron chi connectivity index (χ1n) is 9.87. The number of H-pyrrole nitrogens is 1. The van der Waals surface area contributed by atoms with Gasteiger partial charge in [-0.05, 0) is 50.2 Å². The summed E-state index contributed by atoms with van der Waals surface area (Å²) in [5, 5.41) is 10.5. The van der Waals surface area contributed by atoms with Crippen molar-refractivity contribution >= 4 is 16.9 Å². The highest BCUT2D eigenvalue weighted by molar-refractivity contribution is 5.82. The van der Waals surface area contributed by atoms with Crippen LogP contribution in [0.5, 0.6) is 5.75 Å². The molecule has 0 radical (unpaired) electrons. The number of rotatable bonds is 6. The first kappa shape index (κ1) is 19.7. The SMILES string of the molecule is COc1ccc(-c2n[nH]c(C)c2CC(=O)NC(C)c2nc3ccccc3n2C)cc1. The van der Waals surface area contributed by atoms with Crippen molar-refractivity contribution in [1.29, 1.82) is 0 Å². The second kappa shape index (κ2) is 8.02. The van der Waals surface area contributed by atoms with Crippen LogP contribution in [0.1, 0.15) is 30.0 Å². The number of hydrogen-bond acceptors (Lipinski definition) is 4. The predicted octanol–water partition coefficient (Wildman–Crippen LogP) is 3.70. The van der Waals surface area contributed by atoms with Gasteiger partial charge >= 0.3 is 0 Å². The summed E-state index contributed by atoms with van der Waals surface area (Å²) in [7, 11) is 3.60. The molecule has 0 aliphatic rings. The van der Waals surface area contributed by atoms with Crippen LogP contribution in [0.4, 0.5) is 0 Å². The molecule has 7 heteroatoms. The molecule has 0 saturated carbocycles. The molecule has 1 unspecified atom stereocenters. The average Bonchev–Trinajstić information content (AvgIpc) is 3.28. The van der Waals surface area contributed by atoms with E-state index in [1.165, 1.54) is 0 Å². The van der Waals surface area contributed by atoms with E-state index in [9.17, 15) is 4.79 Å². The predicted molar refractivity (Wildman–Crippen MR) is 116 cm³/mol. The number of nitrogens with zero attached hydrogens (tertiary/aromatic N) is 3. The molecule has 0 saturated heterocycles. The molecular formula is C23H25N5O2. The smallest absolute Gasteiger partial charge is 0.225 e. The summed E-state index contributed by atoms with van der Waals surface area (Å²) in [6, 6.07) is 15.4. The van der Waals surface area contributed by atoms with E-state index in [0.29, 0.717) is 0 Å². The lowest BCUT2D eigenvalue weighted by atomic mass is 10.0. The zero-order valence-corrected chi connectivity index (χ0v) is 17.6. The van der Waals surface area contributed by atoms with Crippen molar-refractivity contribution in [2.24, 2.45) is 7.05 Å². The first-order chi connectivity index (χ1) is 14.5. The normalized spacial score (nSPS) is 12.1. The van der Waals surface area contributed by atoms with E-state index in [2.05, 4.69) is 20.5 Å². The minimum Gasteiger partial charge on any atom is -0.497 e. The monoisotopic (exact) mass is 403 g/mol. The van der Waals surface area contributed by atoms with E-state index in [0.717, 1.165) is 45.1 Å². The molecular weight excluding hydrogens is 378 g/mol. The standard InChI is InChI=1S/C23H25N5O2/c1-14-18(22(27-26-14)16-9-11-17(30-4)12-10-16)13-21(29)24-15(2)23-25-19-7-5-6-8-20(19)28(23)3/h5-12,15H,13H2,1-4H3,(H,24,29)(H,26,27). The highest BCUT2D eigenvalue weighted by Gasteiger charge is 2.20. The van der Waals surface area contributed by atoms with Gasteiger partial charge in [0.05, 0.1) is 36.3 Å². The van der Waals surface area contributed by atoms with Gasteiger partial charge in [-0.25, -0.2) is 4.98 Å². The fraction of sp³-hybridized carbons (Fsp3) is 0.261. The Bertz CT molecular complexity index is 1190. The van der Waals surface area contributed by atoms with Gasteiger partial charge in [0.15, 0.2) is 0 Å². The zero-order valence-electron chi connectivity index (χ0n) is 17.6. The molecule has 154 valence electrons. The molecule has 0 aliphatic heterocycles. The Kier molecular flexibility index (Phi) is 5.27. The number of carbonyl (C=O) groups is 1. The minimum absolute atomic E-state index is 0.0752. The number of ether oxygens (including phenoxy) is 1. The van der Waals surface area contributed by atoms with Gasteiger partial charge in [-0.2, -0.15) is 5.10 Å². The Hall–Kier alpha value is -3.61. The number of aromatic nitrogens is 4. The number of aromatic amines is 1. The maximum atomic E-state index is 12.8. The molecule has 0 spiro atoms. The Morgan fingerprint density at radius 2 is 1.93 bits per heavy atom. The van der Waals surface area contributed by atoms with E-state index < -0.39 is 0 Å². The summed E-state index contributed by atoms with van der Waals surface area (Å²) in [4.78, 5) is 17.5. The lowest BCUT2D eigenvalue weighted by Gasteiger charge is -2.14. The molecule has 0 aliphatic carbocycles. The van der Waals surface area contributed by atoms with Gasteiger partial charge in [0.1, 0.15) is 11.6 Å². The maximum Gasteiger partial charge on any atom is 0.225 e. The number of para-hydroxylation sites is 2. The summed E-state index contributed by atoms with van der Waals surface area (Å²) in [5.74, 6) is 1.53. The zero-order chi connectivity index (χ0) is 21.3. The molecule has 1 atom stereocenters. The number of carbonyl (C=O) groups excluding carboxylic acids is 1. The van der Waals surface area contributed by atoms with Crippen LogP contribution >= 0.6 is 0 Å². The molecule has 30 heavy (non-hydrogen) atoms. The van der Waals surface area contributed by atoms with Crippen molar-refractivity contribution in [1.82, 2.24) is 25.1 Å². The van der Waals surface area contributed by atoms with Gasteiger partial charge in [0.25, 0.3) is 0 Å². The number of hydrogen-bond donors (Lipinski definition) is 2. The molecule has 1 amide bonds. The van der Waals surface area contributed by atoms with Crippen LogP contribution in [0.15, 0.2) is 48.5 Å². The van der Waals surface area contributed by atoms with Gasteiger partial charge in [0.2, 0.25) is 5.91 Å². The summed E-state index contributed by atoms with van der Waals surface area (Å²) in [6.07, 6.45) is 0.234. The third-order valence-corrected chi connectivity index (χ3v) is 5.36. The van der Waals surface area contributed by atoms with Gasteiger partial charge < -0.3 is 14.6 Å². The fourth-order valence-electron chi connectivity index (χ4n) is 3.73. The summed E-state index contributed by atoms with van der Waals surface area (Å²) < 4.78 is 7.24. The third kappa shape index (κ3) is 3.66. The third-order valence-electron chi connectivity index (χ3n) is 5.36. The molecule has 2 heterocycles. The highest BCUT2D eigenvalue weighted by Crippen LogP contribution is 2.26. The van der Waals surface area contributed by atoms with Crippen molar-refractivity contribution in [3.63, 3.8) is 0 Å². The van der Waals surface area contributed by atoms with Crippen LogP contribution in [0, 0.1) is 6.92 Å². The summed E-state index contributed by atoms with van der Waals surface area (Å²) in [5.41, 5.74) is 5.44. The van der Waals surface area contributed by atoms with Gasteiger partial charge in [-0.15, -0.1) is 0 Å². The van der Waals surface area contributed by atoms with E-state index >= 15 is 0 Å². The van der Waals surface area contributed by atoms with Crippen molar-refractivity contribution in [3.8, 4) is 17.0 Å². The van der Waals surface area contributed by atoms with E-state index in [1.807, 2.05) is 74.0 Å². The Morgan fingerprint density at radius 1 is 1.20 bits per heavy atom. The summed E-state index contributed by atoms with van der Waals surface area (Å²) >= 11 is 0. The Balaban J connectivity index is 1.52. The second-order valence-electron chi connectivity index (χ2n) is 7.39. The second-order valence-corrected chi connectivity index (χ2v) is 7.39. The Morgan fingerprint density at radius 3 is 2.63 bits per heavy atom. The fourth-order valence-corrected chi connectivity index (χ4v) is 3.73. The van der Waals surface area contributed by atoms with E-state index in [1.54, 1.807) is 7.11 Å². The molecule has 0 bridgehead atoms. The average molecular weight is 403 g/mol. The maximum absolute atomic E-state index is 12.8. The number of imidazole rings is 1. The Labute approximate surface area is 175 Å². The highest BCUT2D eigenvalue weighted by atomic mass is 16.5. The van der Waals surface area contributed by atoms with Gasteiger partial charge in [0, 0.05) is 23.9 Å². The molecule has 4 rings (SSSR count). The quantitative estimate of drug-likeness (QED) is 0.514. The molecule has 7 nitrogen and oxygen atoms in total. The number of fused-ring (bicyclic) bond motifs is 1. The van der Waals surface area contributed by atoms with Crippen molar-refractivity contribution in [3.05, 3.63) is 65.6 Å². The van der Waals surface area contributed by atoms with E-state index in [4.69, 9.17) is 4.74 Å². The molecule has 2 N–H and O–H groups in total. The number of nitrogens with one attached hydrogen (secondary N) is 2. The molecule has 4 aromatic rings. The van der Waals surface area contributed by atoms with Crippen LogP contribution in [0.3, 0.4) is 0 Å². The number of aryl methyl sites for hydroxylation is 2. The van der Waals surface area contributed by atoms with Crippen LogP contribution < -0.4 is 10.1 Å². The van der Waals surface area contributed by atoms with Crippen molar-refractivity contribution in [2.75, 3.05) is 7.11 Å².